The zero-order valence-electron chi connectivity index (χ0n) is 23.5. The molecule has 1 aromatic heterocycles. The maximum absolute atomic E-state index is 13.5. The number of rotatable bonds is 8. The molecule has 1 aliphatic rings. The highest BCUT2D eigenvalue weighted by Crippen LogP contribution is 2.33. The largest absolute Gasteiger partial charge is 0.487 e. The molecule has 5 aromatic rings. The minimum Gasteiger partial charge on any atom is -0.487 e. The highest BCUT2D eigenvalue weighted by atomic mass is 35.5. The first-order valence-corrected chi connectivity index (χ1v) is 15.7. The van der Waals surface area contributed by atoms with Gasteiger partial charge in [-0.25, -0.2) is 17.8 Å². The second-order valence-corrected chi connectivity index (χ2v) is 12.9. The highest BCUT2D eigenvalue weighted by Gasteiger charge is 2.27. The van der Waals surface area contributed by atoms with Crippen molar-refractivity contribution in [1.29, 1.82) is 0 Å². The van der Waals surface area contributed by atoms with Crippen LogP contribution in [0, 0.1) is 5.82 Å². The van der Waals surface area contributed by atoms with Crippen molar-refractivity contribution in [1.82, 2.24) is 14.2 Å². The highest BCUT2D eigenvalue weighted by molar-refractivity contribution is 7.89. The molecular formula is C33H30ClFN4O3S. The van der Waals surface area contributed by atoms with E-state index in [4.69, 9.17) is 16.3 Å². The second kappa shape index (κ2) is 12.3. The van der Waals surface area contributed by atoms with Crippen LogP contribution >= 0.6 is 11.6 Å². The molecule has 220 valence electrons. The molecule has 0 atom stereocenters. The molecule has 0 amide bonds. The quantitative estimate of drug-likeness (QED) is 0.203. The molecule has 0 unspecified atom stereocenters. The van der Waals surface area contributed by atoms with Gasteiger partial charge in [-0.3, -0.25) is 0 Å². The molecule has 1 N–H and O–H groups in total. The fourth-order valence-corrected chi connectivity index (χ4v) is 6.72. The average Bonchev–Trinajstić information content (AvgIpc) is 3.01. The number of aromatic nitrogens is 1. The summed E-state index contributed by atoms with van der Waals surface area (Å²) in [6.45, 7) is 2.62. The fourth-order valence-electron chi connectivity index (χ4n) is 5.06. The Bertz CT molecular complexity index is 1880. The third-order valence-corrected chi connectivity index (χ3v) is 9.74. The number of nitrogens with zero attached hydrogens (tertiary/aromatic N) is 3. The summed E-state index contributed by atoms with van der Waals surface area (Å²) < 4.78 is 47.1. The molecule has 7 nitrogen and oxygen atoms in total. The average molecular weight is 617 g/mol. The predicted molar refractivity (Wildman–Crippen MR) is 169 cm³/mol. The monoisotopic (exact) mass is 616 g/mol. The SMILES string of the molecule is CN1CCN(S(=O)(=O)c2ccc(-c3ccc4ccnc(Nc5ccc(OCc6cccc(F)c6)c(Cl)c5)c4c3)cc2)CC1. The van der Waals surface area contributed by atoms with E-state index in [-0.39, 0.29) is 12.4 Å². The van der Waals surface area contributed by atoms with Crippen LogP contribution in [0.25, 0.3) is 21.9 Å². The van der Waals surface area contributed by atoms with Crippen LogP contribution in [0.5, 0.6) is 5.75 Å². The Labute approximate surface area is 255 Å². The lowest BCUT2D eigenvalue weighted by Crippen LogP contribution is -2.46. The van der Waals surface area contributed by atoms with Crippen LogP contribution in [0.1, 0.15) is 5.56 Å². The van der Waals surface area contributed by atoms with Gasteiger partial charge in [0.1, 0.15) is 24.0 Å². The number of fused-ring (bicyclic) bond motifs is 1. The zero-order valence-corrected chi connectivity index (χ0v) is 25.1. The van der Waals surface area contributed by atoms with Crippen molar-refractivity contribution in [2.45, 2.75) is 11.5 Å². The van der Waals surface area contributed by atoms with Crippen molar-refractivity contribution in [2.24, 2.45) is 0 Å². The number of nitrogens with one attached hydrogen (secondary N) is 1. The van der Waals surface area contributed by atoms with Gasteiger partial charge in [-0.05, 0) is 83.7 Å². The normalized spacial score (nSPS) is 14.6. The van der Waals surface area contributed by atoms with Gasteiger partial charge < -0.3 is 15.0 Å². The first kappa shape index (κ1) is 29.1. The summed E-state index contributed by atoms with van der Waals surface area (Å²) in [5.41, 5.74) is 3.27. The molecule has 0 spiro atoms. The summed E-state index contributed by atoms with van der Waals surface area (Å²) in [6, 6.07) is 26.6. The Balaban J connectivity index is 1.20. The molecule has 0 aliphatic carbocycles. The van der Waals surface area contributed by atoms with E-state index in [1.165, 1.54) is 12.1 Å². The molecule has 0 radical (unpaired) electrons. The molecule has 43 heavy (non-hydrogen) atoms. The van der Waals surface area contributed by atoms with Gasteiger partial charge in [-0.2, -0.15) is 4.31 Å². The summed E-state index contributed by atoms with van der Waals surface area (Å²) in [7, 11) is -1.54. The molecule has 0 saturated carbocycles. The summed E-state index contributed by atoms with van der Waals surface area (Å²) in [6.07, 6.45) is 1.74. The molecule has 0 bridgehead atoms. The van der Waals surface area contributed by atoms with Gasteiger partial charge in [0.05, 0.1) is 9.92 Å². The van der Waals surface area contributed by atoms with E-state index in [9.17, 15) is 12.8 Å². The van der Waals surface area contributed by atoms with Crippen LogP contribution in [0.2, 0.25) is 5.02 Å². The lowest BCUT2D eigenvalue weighted by Gasteiger charge is -2.31. The van der Waals surface area contributed by atoms with Crippen molar-refractivity contribution in [3.05, 3.63) is 114 Å². The maximum atomic E-state index is 13.5. The summed E-state index contributed by atoms with van der Waals surface area (Å²) in [4.78, 5) is 6.99. The Hall–Kier alpha value is -4.02. The van der Waals surface area contributed by atoms with Gasteiger partial charge >= 0.3 is 0 Å². The van der Waals surface area contributed by atoms with Crippen LogP contribution in [-0.4, -0.2) is 55.8 Å². The predicted octanol–water partition coefficient (Wildman–Crippen LogP) is 6.95. The van der Waals surface area contributed by atoms with Crippen LogP contribution in [0.15, 0.2) is 102 Å². The van der Waals surface area contributed by atoms with E-state index in [0.29, 0.717) is 40.1 Å². The Morgan fingerprint density at radius 2 is 1.67 bits per heavy atom. The maximum Gasteiger partial charge on any atom is 0.243 e. The van der Waals surface area contributed by atoms with Gasteiger partial charge in [0, 0.05) is 43.4 Å². The third kappa shape index (κ3) is 6.50. The van der Waals surface area contributed by atoms with Gasteiger partial charge in [0.25, 0.3) is 0 Å². The van der Waals surface area contributed by atoms with Gasteiger partial charge in [-0.1, -0.05) is 48.0 Å². The summed E-state index contributed by atoms with van der Waals surface area (Å²) in [5.74, 6) is 0.824. The Kier molecular flexibility index (Phi) is 8.32. The molecule has 4 aromatic carbocycles. The molecule has 6 rings (SSSR count). The number of sulfonamides is 1. The van der Waals surface area contributed by atoms with E-state index >= 15 is 0 Å². The van der Waals surface area contributed by atoms with Gasteiger partial charge in [0.15, 0.2) is 0 Å². The second-order valence-electron chi connectivity index (χ2n) is 10.5. The number of pyridine rings is 1. The van der Waals surface area contributed by atoms with Crippen LogP contribution in [0.4, 0.5) is 15.9 Å². The Morgan fingerprint density at radius 1 is 0.907 bits per heavy atom. The van der Waals surface area contributed by atoms with E-state index in [1.807, 2.05) is 49.5 Å². The molecule has 10 heteroatoms. The van der Waals surface area contributed by atoms with Crippen molar-refractivity contribution >= 4 is 43.9 Å². The molecule has 2 heterocycles. The van der Waals surface area contributed by atoms with E-state index in [1.54, 1.807) is 46.9 Å². The zero-order chi connectivity index (χ0) is 30.0. The standard InChI is InChI=1S/C33H30ClFN4O3S/c1-38-15-17-39(18-16-38)43(40,41)29-10-7-24(8-11-29)26-6-5-25-13-14-36-33(30(25)20-26)37-28-9-12-32(31(34)21-28)42-22-23-3-2-4-27(35)19-23/h2-14,19-21H,15-18,22H2,1H3,(H,36,37). The van der Waals surface area contributed by atoms with Crippen molar-refractivity contribution in [3.63, 3.8) is 0 Å². The van der Waals surface area contributed by atoms with Crippen LogP contribution in [-0.2, 0) is 16.6 Å². The van der Waals surface area contributed by atoms with Crippen LogP contribution in [0.3, 0.4) is 0 Å². The number of hydrogen-bond donors (Lipinski definition) is 1. The van der Waals surface area contributed by atoms with Gasteiger partial charge in [-0.15, -0.1) is 0 Å². The van der Waals surface area contributed by atoms with E-state index in [0.717, 1.165) is 40.7 Å². The number of hydrogen-bond acceptors (Lipinski definition) is 6. The Morgan fingerprint density at radius 3 is 2.42 bits per heavy atom. The van der Waals surface area contributed by atoms with Crippen molar-refractivity contribution < 1.29 is 17.5 Å². The lowest BCUT2D eigenvalue weighted by molar-refractivity contribution is 0.222. The molecule has 1 aliphatic heterocycles. The van der Waals surface area contributed by atoms with Crippen molar-refractivity contribution in [3.8, 4) is 16.9 Å². The van der Waals surface area contributed by atoms with E-state index < -0.39 is 10.0 Å². The van der Waals surface area contributed by atoms with Crippen molar-refractivity contribution in [2.75, 3.05) is 38.5 Å². The number of halogens is 2. The number of ether oxygens (including phenoxy) is 1. The fraction of sp³-hybridized carbons (Fsp3) is 0.182. The third-order valence-electron chi connectivity index (χ3n) is 7.53. The minimum absolute atomic E-state index is 0.195. The lowest BCUT2D eigenvalue weighted by atomic mass is 10.0. The van der Waals surface area contributed by atoms with Gasteiger partial charge in [0.2, 0.25) is 10.0 Å². The summed E-state index contributed by atoms with van der Waals surface area (Å²) >= 11 is 6.51. The molecular weight excluding hydrogens is 587 g/mol. The minimum atomic E-state index is -3.53. The smallest absolute Gasteiger partial charge is 0.243 e. The number of anilines is 2. The number of benzene rings is 4. The number of piperazine rings is 1. The number of likely N-dealkylation sites (N-methyl/N-ethyl adjacent to an activating group) is 1. The first-order valence-electron chi connectivity index (χ1n) is 13.9. The topological polar surface area (TPSA) is 74.8 Å². The van der Waals surface area contributed by atoms with Crippen LogP contribution < -0.4 is 10.1 Å². The first-order chi connectivity index (χ1) is 20.8. The summed E-state index contributed by atoms with van der Waals surface area (Å²) in [5, 5.41) is 5.66. The molecule has 1 saturated heterocycles. The van der Waals surface area contributed by atoms with E-state index in [2.05, 4.69) is 15.2 Å². The molecule has 1 fully saturated rings.